The Morgan fingerprint density at radius 3 is 2.63 bits per heavy atom. The molecule has 0 atom stereocenters. The van der Waals surface area contributed by atoms with Gasteiger partial charge in [-0.1, -0.05) is 35.9 Å². The summed E-state index contributed by atoms with van der Waals surface area (Å²) in [6, 6.07) is 11.7. The van der Waals surface area contributed by atoms with Gasteiger partial charge in [-0.2, -0.15) is 0 Å². The van der Waals surface area contributed by atoms with E-state index in [9.17, 15) is 9.18 Å². The molecule has 2 nitrogen and oxygen atoms in total. The molecule has 2 rings (SSSR count). The van der Waals surface area contributed by atoms with Crippen LogP contribution in [0.15, 0.2) is 42.5 Å². The molecule has 4 heteroatoms. The van der Waals surface area contributed by atoms with E-state index in [1.165, 1.54) is 13.0 Å². The van der Waals surface area contributed by atoms with Gasteiger partial charge < -0.3 is 5.32 Å². The molecule has 1 amide bonds. The normalized spacial score (nSPS) is 10.3. The van der Waals surface area contributed by atoms with Crippen molar-refractivity contribution in [2.45, 2.75) is 13.3 Å². The standard InChI is InChI=1S/C15H13ClFNO/c1-10(19)18-15-8-4-6-13(16)12(15)9-11-5-2-3-7-14(11)17/h2-8H,9H2,1H3,(H,18,19). The van der Waals surface area contributed by atoms with Crippen LogP contribution in [0.5, 0.6) is 0 Å². The first kappa shape index (κ1) is 13.6. The van der Waals surface area contributed by atoms with E-state index in [0.717, 1.165) is 0 Å². The number of carbonyl (C=O) groups is 1. The molecule has 0 fully saturated rings. The molecule has 2 aromatic carbocycles. The quantitative estimate of drug-likeness (QED) is 0.902. The molecule has 0 spiro atoms. The van der Waals surface area contributed by atoms with E-state index in [2.05, 4.69) is 5.32 Å². The van der Waals surface area contributed by atoms with Crippen molar-refractivity contribution in [3.63, 3.8) is 0 Å². The van der Waals surface area contributed by atoms with Crippen molar-refractivity contribution in [1.82, 2.24) is 0 Å². The van der Waals surface area contributed by atoms with Gasteiger partial charge in [-0.15, -0.1) is 0 Å². The zero-order valence-corrected chi connectivity index (χ0v) is 11.2. The Morgan fingerprint density at radius 1 is 1.21 bits per heavy atom. The zero-order chi connectivity index (χ0) is 13.8. The first-order chi connectivity index (χ1) is 9.08. The number of halogens is 2. The Bertz CT molecular complexity index is 613. The maximum absolute atomic E-state index is 13.7. The van der Waals surface area contributed by atoms with Crippen LogP contribution in [0.3, 0.4) is 0 Å². The third kappa shape index (κ3) is 3.32. The van der Waals surface area contributed by atoms with Gasteiger partial charge in [-0.3, -0.25) is 4.79 Å². The van der Waals surface area contributed by atoms with E-state index in [-0.39, 0.29) is 11.7 Å². The van der Waals surface area contributed by atoms with Crippen LogP contribution in [0, 0.1) is 5.82 Å². The predicted molar refractivity (Wildman–Crippen MR) is 75.0 cm³/mol. The van der Waals surface area contributed by atoms with Crippen LogP contribution in [-0.2, 0) is 11.2 Å². The lowest BCUT2D eigenvalue weighted by atomic mass is 10.0. The number of amides is 1. The molecule has 0 aliphatic rings. The summed E-state index contributed by atoms with van der Waals surface area (Å²) in [5, 5.41) is 3.22. The summed E-state index contributed by atoms with van der Waals surface area (Å²) in [5.74, 6) is -0.465. The van der Waals surface area contributed by atoms with Crippen molar-refractivity contribution in [2.24, 2.45) is 0 Å². The Hall–Kier alpha value is -1.87. The second-order valence-electron chi connectivity index (χ2n) is 4.22. The summed E-state index contributed by atoms with van der Waals surface area (Å²) >= 11 is 6.14. The molecule has 0 radical (unpaired) electrons. The number of rotatable bonds is 3. The summed E-state index contributed by atoms with van der Waals surface area (Å²) in [7, 11) is 0. The smallest absolute Gasteiger partial charge is 0.221 e. The molecule has 0 saturated heterocycles. The number of hydrogen-bond acceptors (Lipinski definition) is 1. The molecule has 0 heterocycles. The van der Waals surface area contributed by atoms with E-state index in [4.69, 9.17) is 11.6 Å². The fraction of sp³-hybridized carbons (Fsp3) is 0.133. The summed E-state index contributed by atoms with van der Waals surface area (Å²) in [4.78, 5) is 11.2. The lowest BCUT2D eigenvalue weighted by molar-refractivity contribution is -0.114. The monoisotopic (exact) mass is 277 g/mol. The second-order valence-corrected chi connectivity index (χ2v) is 4.62. The van der Waals surface area contributed by atoms with Crippen LogP contribution >= 0.6 is 11.6 Å². The largest absolute Gasteiger partial charge is 0.326 e. The van der Waals surface area contributed by atoms with Crippen molar-refractivity contribution in [2.75, 3.05) is 5.32 Å². The second kappa shape index (κ2) is 5.85. The van der Waals surface area contributed by atoms with Crippen LogP contribution in [0.4, 0.5) is 10.1 Å². The number of anilines is 1. The summed E-state index contributed by atoms with van der Waals surface area (Å²) in [6.45, 7) is 1.42. The first-order valence-electron chi connectivity index (χ1n) is 5.86. The molecule has 1 N–H and O–H groups in total. The highest BCUT2D eigenvalue weighted by Crippen LogP contribution is 2.27. The Balaban J connectivity index is 2.39. The minimum atomic E-state index is -0.281. The summed E-state index contributed by atoms with van der Waals surface area (Å²) < 4.78 is 13.7. The number of hydrogen-bond donors (Lipinski definition) is 1. The van der Waals surface area contributed by atoms with Gasteiger partial charge in [-0.25, -0.2) is 4.39 Å². The number of carbonyl (C=O) groups excluding carboxylic acids is 1. The predicted octanol–water partition coefficient (Wildman–Crippen LogP) is 4.03. The molecule has 0 aliphatic heterocycles. The van der Waals surface area contributed by atoms with E-state index < -0.39 is 0 Å². The van der Waals surface area contributed by atoms with Gasteiger partial charge in [0.05, 0.1) is 0 Å². The van der Waals surface area contributed by atoms with Crippen molar-refractivity contribution >= 4 is 23.2 Å². The molecule has 0 unspecified atom stereocenters. The highest BCUT2D eigenvalue weighted by atomic mass is 35.5. The van der Waals surface area contributed by atoms with E-state index in [1.54, 1.807) is 36.4 Å². The van der Waals surface area contributed by atoms with Gasteiger partial charge in [0.25, 0.3) is 0 Å². The molecular formula is C15H13ClFNO. The van der Waals surface area contributed by atoms with Crippen molar-refractivity contribution in [3.05, 3.63) is 64.4 Å². The average Bonchev–Trinajstić information content (AvgIpc) is 2.35. The number of nitrogens with one attached hydrogen (secondary N) is 1. The lowest BCUT2D eigenvalue weighted by Crippen LogP contribution is -2.09. The Labute approximate surface area is 116 Å². The summed E-state index contributed by atoms with van der Waals surface area (Å²) in [6.07, 6.45) is 0.335. The molecule has 2 aromatic rings. The highest BCUT2D eigenvalue weighted by Gasteiger charge is 2.11. The number of benzene rings is 2. The van der Waals surface area contributed by atoms with Crippen molar-refractivity contribution < 1.29 is 9.18 Å². The van der Waals surface area contributed by atoms with E-state index >= 15 is 0 Å². The van der Waals surface area contributed by atoms with Crippen LogP contribution in [0.1, 0.15) is 18.1 Å². The average molecular weight is 278 g/mol. The molecule has 98 valence electrons. The SMILES string of the molecule is CC(=O)Nc1cccc(Cl)c1Cc1ccccc1F. The molecule has 0 bridgehead atoms. The molecule has 19 heavy (non-hydrogen) atoms. The summed E-state index contributed by atoms with van der Waals surface area (Å²) in [5.41, 5.74) is 1.87. The van der Waals surface area contributed by atoms with Crippen LogP contribution < -0.4 is 5.32 Å². The first-order valence-corrected chi connectivity index (χ1v) is 6.24. The topological polar surface area (TPSA) is 29.1 Å². The third-order valence-corrected chi connectivity index (χ3v) is 3.11. The highest BCUT2D eigenvalue weighted by molar-refractivity contribution is 6.31. The zero-order valence-electron chi connectivity index (χ0n) is 10.4. The van der Waals surface area contributed by atoms with E-state index in [0.29, 0.717) is 28.3 Å². The maximum atomic E-state index is 13.7. The Morgan fingerprint density at radius 2 is 1.95 bits per heavy atom. The minimum Gasteiger partial charge on any atom is -0.326 e. The van der Waals surface area contributed by atoms with Crippen LogP contribution in [0.2, 0.25) is 5.02 Å². The van der Waals surface area contributed by atoms with E-state index in [1.807, 2.05) is 0 Å². The molecular weight excluding hydrogens is 265 g/mol. The maximum Gasteiger partial charge on any atom is 0.221 e. The fourth-order valence-corrected chi connectivity index (χ4v) is 2.12. The lowest BCUT2D eigenvalue weighted by Gasteiger charge is -2.12. The third-order valence-electron chi connectivity index (χ3n) is 2.75. The van der Waals surface area contributed by atoms with Crippen LogP contribution in [0.25, 0.3) is 0 Å². The van der Waals surface area contributed by atoms with Crippen LogP contribution in [-0.4, -0.2) is 5.91 Å². The molecule has 0 saturated carbocycles. The van der Waals surface area contributed by atoms with Gasteiger partial charge >= 0.3 is 0 Å². The van der Waals surface area contributed by atoms with Gasteiger partial charge in [-0.05, 0) is 29.3 Å². The van der Waals surface area contributed by atoms with Gasteiger partial charge in [0.15, 0.2) is 0 Å². The van der Waals surface area contributed by atoms with Gasteiger partial charge in [0, 0.05) is 24.1 Å². The fourth-order valence-electron chi connectivity index (χ4n) is 1.88. The minimum absolute atomic E-state index is 0.183. The van der Waals surface area contributed by atoms with Crippen molar-refractivity contribution in [1.29, 1.82) is 0 Å². The Kier molecular flexibility index (Phi) is 4.17. The molecule has 0 aliphatic carbocycles. The van der Waals surface area contributed by atoms with Crippen molar-refractivity contribution in [3.8, 4) is 0 Å². The molecule has 0 aromatic heterocycles. The van der Waals surface area contributed by atoms with Gasteiger partial charge in [0.1, 0.15) is 5.82 Å². The van der Waals surface area contributed by atoms with Gasteiger partial charge in [0.2, 0.25) is 5.91 Å².